The van der Waals surface area contributed by atoms with Crippen LogP contribution >= 0.6 is 15.9 Å². The molecular formula is C17H24BrNO. The zero-order chi connectivity index (χ0) is 14.8. The van der Waals surface area contributed by atoms with Crippen molar-refractivity contribution in [1.82, 2.24) is 4.90 Å². The second-order valence-electron chi connectivity index (χ2n) is 6.77. The van der Waals surface area contributed by atoms with Crippen molar-refractivity contribution in [2.45, 2.75) is 40.0 Å². The fraction of sp³-hybridized carbons (Fsp3) is 0.588. The molecule has 1 amide bonds. The highest BCUT2D eigenvalue weighted by molar-refractivity contribution is 9.10. The molecule has 0 bridgehead atoms. The third-order valence-electron chi connectivity index (χ3n) is 4.34. The van der Waals surface area contributed by atoms with Gasteiger partial charge in [-0.15, -0.1) is 0 Å². The molecule has 110 valence electrons. The molecule has 20 heavy (non-hydrogen) atoms. The highest BCUT2D eigenvalue weighted by atomic mass is 79.9. The van der Waals surface area contributed by atoms with Crippen molar-refractivity contribution in [3.05, 3.63) is 34.3 Å². The summed E-state index contributed by atoms with van der Waals surface area (Å²) in [4.78, 5) is 14.6. The van der Waals surface area contributed by atoms with Gasteiger partial charge >= 0.3 is 0 Å². The Balaban J connectivity index is 2.08. The van der Waals surface area contributed by atoms with Crippen LogP contribution in [0.15, 0.2) is 28.7 Å². The molecule has 1 aromatic rings. The maximum atomic E-state index is 12.6. The Morgan fingerprint density at radius 1 is 1.20 bits per heavy atom. The number of amides is 1. The summed E-state index contributed by atoms with van der Waals surface area (Å²) in [5.41, 5.74) is 1.12. The van der Waals surface area contributed by atoms with Crippen LogP contribution in [0, 0.1) is 11.3 Å². The lowest BCUT2D eigenvalue weighted by atomic mass is 9.77. The normalized spacial score (nSPS) is 20.6. The van der Waals surface area contributed by atoms with E-state index in [0.29, 0.717) is 11.3 Å². The Morgan fingerprint density at radius 2 is 1.90 bits per heavy atom. The summed E-state index contributed by atoms with van der Waals surface area (Å²) in [5, 5.41) is 0. The highest BCUT2D eigenvalue weighted by Crippen LogP contribution is 2.34. The average molecular weight is 338 g/mol. The predicted octanol–water partition coefficient (Wildman–Crippen LogP) is 4.74. The summed E-state index contributed by atoms with van der Waals surface area (Å²) in [5.74, 6) is 0.867. The number of hydrogen-bond donors (Lipinski definition) is 0. The van der Waals surface area contributed by atoms with Crippen LogP contribution in [0.1, 0.15) is 50.4 Å². The SMILES string of the molecule is CC(C)(C)C1CCCN(C(=O)c2ccccc2Br)CC1. The number of halogens is 1. The molecule has 2 nitrogen and oxygen atoms in total. The van der Waals surface area contributed by atoms with Crippen molar-refractivity contribution >= 4 is 21.8 Å². The van der Waals surface area contributed by atoms with Gasteiger partial charge in [0.05, 0.1) is 5.56 Å². The first-order valence-electron chi connectivity index (χ1n) is 7.43. The minimum atomic E-state index is 0.159. The minimum Gasteiger partial charge on any atom is -0.339 e. The Morgan fingerprint density at radius 3 is 2.55 bits per heavy atom. The first-order chi connectivity index (χ1) is 9.39. The third-order valence-corrected chi connectivity index (χ3v) is 5.04. The summed E-state index contributed by atoms with van der Waals surface area (Å²) in [6, 6.07) is 7.70. The second-order valence-corrected chi connectivity index (χ2v) is 7.62. The predicted molar refractivity (Wildman–Crippen MR) is 86.8 cm³/mol. The number of likely N-dealkylation sites (tertiary alicyclic amines) is 1. The quantitative estimate of drug-likeness (QED) is 0.724. The van der Waals surface area contributed by atoms with Crippen molar-refractivity contribution < 1.29 is 4.79 Å². The van der Waals surface area contributed by atoms with Crippen LogP contribution in [0.25, 0.3) is 0 Å². The smallest absolute Gasteiger partial charge is 0.254 e. The standard InChI is InChI=1S/C17H24BrNO/c1-17(2,3)13-7-6-11-19(12-10-13)16(20)14-8-4-5-9-15(14)18/h4-5,8-9,13H,6-7,10-12H2,1-3H3. The van der Waals surface area contributed by atoms with Crippen molar-refractivity contribution in [3.63, 3.8) is 0 Å². The van der Waals surface area contributed by atoms with Gasteiger partial charge in [-0.3, -0.25) is 4.79 Å². The summed E-state index contributed by atoms with van der Waals surface area (Å²) in [6.07, 6.45) is 3.45. The van der Waals surface area contributed by atoms with Crippen molar-refractivity contribution in [1.29, 1.82) is 0 Å². The van der Waals surface area contributed by atoms with Gasteiger partial charge in [-0.05, 0) is 58.7 Å². The zero-order valence-corrected chi connectivity index (χ0v) is 14.2. The molecule has 1 unspecified atom stereocenters. The van der Waals surface area contributed by atoms with Crippen LogP contribution in [0.2, 0.25) is 0 Å². The summed E-state index contributed by atoms with van der Waals surface area (Å²) in [6.45, 7) is 8.68. The molecule has 0 saturated carbocycles. The fourth-order valence-corrected chi connectivity index (χ4v) is 3.42. The Labute approximate surface area is 130 Å². The van der Waals surface area contributed by atoms with E-state index in [9.17, 15) is 4.79 Å². The number of rotatable bonds is 1. The van der Waals surface area contributed by atoms with Gasteiger partial charge in [0.1, 0.15) is 0 Å². The largest absolute Gasteiger partial charge is 0.339 e. The van der Waals surface area contributed by atoms with Gasteiger partial charge in [-0.25, -0.2) is 0 Å². The molecule has 1 atom stereocenters. The first-order valence-corrected chi connectivity index (χ1v) is 8.22. The van der Waals surface area contributed by atoms with E-state index in [2.05, 4.69) is 36.7 Å². The molecule has 3 heteroatoms. The van der Waals surface area contributed by atoms with Crippen molar-refractivity contribution in [3.8, 4) is 0 Å². The molecule has 1 heterocycles. The van der Waals surface area contributed by atoms with E-state index < -0.39 is 0 Å². The van der Waals surface area contributed by atoms with Crippen LogP contribution in [-0.2, 0) is 0 Å². The molecule has 0 radical (unpaired) electrons. The maximum absolute atomic E-state index is 12.6. The fourth-order valence-electron chi connectivity index (χ4n) is 2.97. The molecule has 1 fully saturated rings. The molecule has 0 N–H and O–H groups in total. The van der Waals surface area contributed by atoms with Crippen LogP contribution < -0.4 is 0 Å². The molecule has 1 saturated heterocycles. The molecule has 1 aliphatic rings. The zero-order valence-electron chi connectivity index (χ0n) is 12.7. The first kappa shape index (κ1) is 15.6. The molecule has 1 aliphatic heterocycles. The van der Waals surface area contributed by atoms with Crippen LogP contribution in [0.3, 0.4) is 0 Å². The number of hydrogen-bond acceptors (Lipinski definition) is 1. The molecule has 1 aromatic carbocycles. The van der Waals surface area contributed by atoms with Gasteiger partial charge in [0.2, 0.25) is 0 Å². The summed E-state index contributed by atoms with van der Waals surface area (Å²) >= 11 is 3.48. The second kappa shape index (κ2) is 6.30. The molecule has 0 spiro atoms. The number of carbonyl (C=O) groups is 1. The average Bonchev–Trinajstić information content (AvgIpc) is 2.63. The van der Waals surface area contributed by atoms with E-state index in [1.807, 2.05) is 29.2 Å². The minimum absolute atomic E-state index is 0.159. The lowest BCUT2D eigenvalue weighted by Crippen LogP contribution is -2.32. The van der Waals surface area contributed by atoms with Gasteiger partial charge in [0.25, 0.3) is 5.91 Å². The van der Waals surface area contributed by atoms with Gasteiger partial charge in [0, 0.05) is 17.6 Å². The molecule has 0 aromatic heterocycles. The van der Waals surface area contributed by atoms with Crippen LogP contribution in [-0.4, -0.2) is 23.9 Å². The lowest BCUT2D eigenvalue weighted by Gasteiger charge is -2.29. The Kier molecular flexibility index (Phi) is 4.90. The lowest BCUT2D eigenvalue weighted by molar-refractivity contribution is 0.0754. The van der Waals surface area contributed by atoms with Crippen LogP contribution in [0.4, 0.5) is 0 Å². The van der Waals surface area contributed by atoms with Crippen molar-refractivity contribution in [2.75, 3.05) is 13.1 Å². The Bertz CT molecular complexity index is 478. The third kappa shape index (κ3) is 3.63. The van der Waals surface area contributed by atoms with E-state index in [-0.39, 0.29) is 5.91 Å². The van der Waals surface area contributed by atoms with Gasteiger partial charge < -0.3 is 4.90 Å². The monoisotopic (exact) mass is 337 g/mol. The summed E-state index contributed by atoms with van der Waals surface area (Å²) in [7, 11) is 0. The number of nitrogens with zero attached hydrogens (tertiary/aromatic N) is 1. The van der Waals surface area contributed by atoms with E-state index >= 15 is 0 Å². The topological polar surface area (TPSA) is 20.3 Å². The van der Waals surface area contributed by atoms with E-state index in [1.165, 1.54) is 6.42 Å². The van der Waals surface area contributed by atoms with Gasteiger partial charge in [0.15, 0.2) is 0 Å². The molecule has 2 rings (SSSR count). The maximum Gasteiger partial charge on any atom is 0.254 e. The van der Waals surface area contributed by atoms with E-state index in [0.717, 1.165) is 36.0 Å². The van der Waals surface area contributed by atoms with E-state index in [4.69, 9.17) is 0 Å². The number of benzene rings is 1. The molecular weight excluding hydrogens is 314 g/mol. The molecule has 0 aliphatic carbocycles. The Hall–Kier alpha value is -0.830. The van der Waals surface area contributed by atoms with Crippen LogP contribution in [0.5, 0.6) is 0 Å². The highest BCUT2D eigenvalue weighted by Gasteiger charge is 2.29. The summed E-state index contributed by atoms with van der Waals surface area (Å²) < 4.78 is 0.890. The van der Waals surface area contributed by atoms with Gasteiger partial charge in [-0.1, -0.05) is 32.9 Å². The van der Waals surface area contributed by atoms with Gasteiger partial charge in [-0.2, -0.15) is 0 Å². The van der Waals surface area contributed by atoms with E-state index in [1.54, 1.807) is 0 Å². The number of carbonyl (C=O) groups excluding carboxylic acids is 1. The van der Waals surface area contributed by atoms with Crippen molar-refractivity contribution in [2.24, 2.45) is 11.3 Å².